The van der Waals surface area contributed by atoms with Crippen molar-refractivity contribution in [2.75, 3.05) is 7.11 Å². The third kappa shape index (κ3) is 2.18. The second-order valence-corrected chi connectivity index (χ2v) is 4.05. The number of aromatic hydroxyl groups is 1. The summed E-state index contributed by atoms with van der Waals surface area (Å²) in [5.41, 5.74) is 1.34. The third-order valence-corrected chi connectivity index (χ3v) is 2.77. The molecule has 0 aliphatic heterocycles. The van der Waals surface area contributed by atoms with Crippen LogP contribution in [-0.4, -0.2) is 27.3 Å². The fourth-order valence-electron chi connectivity index (χ4n) is 1.81. The molecule has 0 fully saturated rings. The number of rotatable bonds is 3. The number of methoxy groups -OCH3 is 1. The number of hydrogen-bond donors (Lipinski definition) is 1. The Balaban J connectivity index is 2.02. The Kier molecular flexibility index (Phi) is 3.04. The first-order valence-electron chi connectivity index (χ1n) is 5.89. The van der Waals surface area contributed by atoms with Gasteiger partial charge in [0.05, 0.1) is 18.9 Å². The summed E-state index contributed by atoms with van der Waals surface area (Å²) in [7, 11) is 1.55. The maximum Gasteiger partial charge on any atom is 0.262 e. The maximum atomic E-state index is 9.47. The first kappa shape index (κ1) is 12.2. The molecule has 0 radical (unpaired) electrons. The van der Waals surface area contributed by atoms with Crippen molar-refractivity contribution < 1.29 is 14.4 Å². The Labute approximate surface area is 114 Å². The molecule has 3 rings (SSSR count). The molecule has 0 atom stereocenters. The first-order chi connectivity index (χ1) is 9.78. The second kappa shape index (κ2) is 5.00. The molecule has 0 saturated carbocycles. The highest BCUT2D eigenvalue weighted by Crippen LogP contribution is 2.29. The van der Waals surface area contributed by atoms with Gasteiger partial charge < -0.3 is 14.4 Å². The Morgan fingerprint density at radius 3 is 2.95 bits per heavy atom. The van der Waals surface area contributed by atoms with Crippen LogP contribution in [0.5, 0.6) is 11.5 Å². The fraction of sp³-hybridized carbons (Fsp3) is 0.0714. The highest BCUT2D eigenvalue weighted by molar-refractivity contribution is 5.64. The van der Waals surface area contributed by atoms with Gasteiger partial charge in [0.1, 0.15) is 11.5 Å². The van der Waals surface area contributed by atoms with Gasteiger partial charge in [0.25, 0.3) is 5.89 Å². The minimum atomic E-state index is 0.148. The zero-order valence-electron chi connectivity index (χ0n) is 10.6. The van der Waals surface area contributed by atoms with E-state index in [0.717, 1.165) is 0 Å². The van der Waals surface area contributed by atoms with Gasteiger partial charge >= 0.3 is 0 Å². The largest absolute Gasteiger partial charge is 0.508 e. The van der Waals surface area contributed by atoms with Crippen molar-refractivity contribution in [3.8, 4) is 34.3 Å². The molecular weight excluding hydrogens is 258 g/mol. The zero-order chi connectivity index (χ0) is 13.9. The van der Waals surface area contributed by atoms with Crippen LogP contribution >= 0.6 is 0 Å². The Morgan fingerprint density at radius 2 is 2.15 bits per heavy atom. The van der Waals surface area contributed by atoms with Crippen LogP contribution in [0.2, 0.25) is 0 Å². The molecule has 2 heterocycles. The summed E-state index contributed by atoms with van der Waals surface area (Å²) < 4.78 is 10.4. The molecule has 0 saturated heterocycles. The molecular formula is C14H11N3O3. The average molecular weight is 269 g/mol. The Bertz CT molecular complexity index is 740. The van der Waals surface area contributed by atoms with Crippen molar-refractivity contribution in [2.24, 2.45) is 0 Å². The number of phenolic OH excluding ortho intramolecular Hbond substituents is 1. The zero-order valence-corrected chi connectivity index (χ0v) is 10.6. The molecule has 2 aromatic heterocycles. The van der Waals surface area contributed by atoms with Crippen LogP contribution in [0.3, 0.4) is 0 Å². The predicted molar refractivity (Wildman–Crippen MR) is 71.2 cm³/mol. The number of ether oxygens (including phenoxy) is 1. The van der Waals surface area contributed by atoms with Gasteiger partial charge in [-0.05, 0) is 18.2 Å². The van der Waals surface area contributed by atoms with Crippen LogP contribution in [0.1, 0.15) is 0 Å². The van der Waals surface area contributed by atoms with E-state index in [0.29, 0.717) is 28.6 Å². The van der Waals surface area contributed by atoms with Crippen LogP contribution < -0.4 is 4.74 Å². The first-order valence-corrected chi connectivity index (χ1v) is 5.89. The van der Waals surface area contributed by atoms with Crippen molar-refractivity contribution in [1.82, 2.24) is 15.1 Å². The maximum absolute atomic E-state index is 9.47. The predicted octanol–water partition coefficient (Wildman–Crippen LogP) is 2.51. The number of phenols is 1. The van der Waals surface area contributed by atoms with Gasteiger partial charge in [0.2, 0.25) is 5.82 Å². The van der Waals surface area contributed by atoms with Crippen molar-refractivity contribution in [2.45, 2.75) is 0 Å². The fourth-order valence-corrected chi connectivity index (χ4v) is 1.81. The summed E-state index contributed by atoms with van der Waals surface area (Å²) in [5.74, 6) is 1.44. The molecule has 0 bridgehead atoms. The summed E-state index contributed by atoms with van der Waals surface area (Å²) in [6.07, 6.45) is 3.20. The minimum absolute atomic E-state index is 0.148. The van der Waals surface area contributed by atoms with Gasteiger partial charge in [0, 0.05) is 11.8 Å². The summed E-state index contributed by atoms with van der Waals surface area (Å²) in [6.45, 7) is 0. The third-order valence-electron chi connectivity index (χ3n) is 2.77. The molecule has 100 valence electrons. The normalized spacial score (nSPS) is 10.4. The van der Waals surface area contributed by atoms with E-state index in [1.54, 1.807) is 49.8 Å². The standard InChI is InChI=1S/C14H11N3O3/c1-19-12-8-15-6-5-11(12)14-16-13(17-20-14)9-3-2-4-10(18)7-9/h2-8,18H,1H3. The van der Waals surface area contributed by atoms with Crippen LogP contribution in [0.4, 0.5) is 0 Å². The SMILES string of the molecule is COc1cnccc1-c1nc(-c2cccc(O)c2)no1. The van der Waals surface area contributed by atoms with Gasteiger partial charge in [-0.3, -0.25) is 4.98 Å². The van der Waals surface area contributed by atoms with E-state index < -0.39 is 0 Å². The van der Waals surface area contributed by atoms with Crippen molar-refractivity contribution in [1.29, 1.82) is 0 Å². The highest BCUT2D eigenvalue weighted by atomic mass is 16.5. The number of hydrogen-bond acceptors (Lipinski definition) is 6. The molecule has 1 aromatic carbocycles. The van der Waals surface area contributed by atoms with Gasteiger partial charge in [-0.2, -0.15) is 4.98 Å². The minimum Gasteiger partial charge on any atom is -0.508 e. The van der Waals surface area contributed by atoms with E-state index in [1.807, 2.05) is 0 Å². The molecule has 1 N–H and O–H groups in total. The van der Waals surface area contributed by atoms with Gasteiger partial charge in [-0.25, -0.2) is 0 Å². The lowest BCUT2D eigenvalue weighted by molar-refractivity contribution is 0.404. The lowest BCUT2D eigenvalue weighted by Crippen LogP contribution is -1.89. The van der Waals surface area contributed by atoms with Crippen LogP contribution in [0.25, 0.3) is 22.8 Å². The Hall–Kier alpha value is -2.89. The van der Waals surface area contributed by atoms with Crippen molar-refractivity contribution in [3.05, 3.63) is 42.7 Å². The van der Waals surface area contributed by atoms with E-state index in [9.17, 15) is 5.11 Å². The number of benzene rings is 1. The summed E-state index contributed by atoms with van der Waals surface area (Å²) >= 11 is 0. The van der Waals surface area contributed by atoms with Gasteiger partial charge in [-0.1, -0.05) is 17.3 Å². The van der Waals surface area contributed by atoms with E-state index in [4.69, 9.17) is 9.26 Å². The lowest BCUT2D eigenvalue weighted by Gasteiger charge is -2.02. The molecule has 0 unspecified atom stereocenters. The number of nitrogens with zero attached hydrogens (tertiary/aromatic N) is 3. The van der Waals surface area contributed by atoms with E-state index in [1.165, 1.54) is 0 Å². The molecule has 0 spiro atoms. The van der Waals surface area contributed by atoms with E-state index in [2.05, 4.69) is 15.1 Å². The summed E-state index contributed by atoms with van der Waals surface area (Å²) in [6, 6.07) is 8.39. The Morgan fingerprint density at radius 1 is 1.25 bits per heavy atom. The number of aromatic nitrogens is 3. The molecule has 0 aliphatic rings. The quantitative estimate of drug-likeness (QED) is 0.786. The topological polar surface area (TPSA) is 81.3 Å². The second-order valence-electron chi connectivity index (χ2n) is 4.05. The lowest BCUT2D eigenvalue weighted by atomic mass is 10.2. The molecule has 20 heavy (non-hydrogen) atoms. The van der Waals surface area contributed by atoms with Crippen molar-refractivity contribution in [3.63, 3.8) is 0 Å². The molecule has 6 heteroatoms. The van der Waals surface area contributed by atoms with Crippen LogP contribution in [0.15, 0.2) is 47.2 Å². The average Bonchev–Trinajstić information content (AvgIpc) is 2.97. The van der Waals surface area contributed by atoms with E-state index >= 15 is 0 Å². The molecule has 0 aliphatic carbocycles. The smallest absolute Gasteiger partial charge is 0.262 e. The van der Waals surface area contributed by atoms with Crippen LogP contribution in [-0.2, 0) is 0 Å². The summed E-state index contributed by atoms with van der Waals surface area (Å²) in [5, 5.41) is 13.4. The van der Waals surface area contributed by atoms with Gasteiger partial charge in [0.15, 0.2) is 0 Å². The van der Waals surface area contributed by atoms with Gasteiger partial charge in [-0.15, -0.1) is 0 Å². The number of pyridine rings is 1. The highest BCUT2D eigenvalue weighted by Gasteiger charge is 2.14. The van der Waals surface area contributed by atoms with E-state index in [-0.39, 0.29) is 5.75 Å². The van der Waals surface area contributed by atoms with Crippen LogP contribution in [0, 0.1) is 0 Å². The van der Waals surface area contributed by atoms with Crippen molar-refractivity contribution >= 4 is 0 Å². The monoisotopic (exact) mass is 269 g/mol. The molecule has 0 amide bonds. The summed E-state index contributed by atoms with van der Waals surface area (Å²) in [4.78, 5) is 8.27. The molecule has 6 nitrogen and oxygen atoms in total. The molecule has 3 aromatic rings.